The van der Waals surface area contributed by atoms with Crippen molar-refractivity contribution in [1.29, 1.82) is 0 Å². The molecule has 1 aliphatic heterocycles. The summed E-state index contributed by atoms with van der Waals surface area (Å²) < 4.78 is 27.3. The maximum atomic E-state index is 12.9. The molecule has 0 radical (unpaired) electrons. The molecule has 0 unspecified atom stereocenters. The van der Waals surface area contributed by atoms with Gasteiger partial charge in [-0.2, -0.15) is 15.6 Å². The molecule has 5 nitrogen and oxygen atoms in total. The van der Waals surface area contributed by atoms with Gasteiger partial charge in [0.2, 0.25) is 10.0 Å². The first-order chi connectivity index (χ1) is 11.5. The second-order valence-electron chi connectivity index (χ2n) is 5.91. The summed E-state index contributed by atoms with van der Waals surface area (Å²) in [6.45, 7) is 2.90. The molecule has 0 aliphatic carbocycles. The molecule has 24 heavy (non-hydrogen) atoms. The molecule has 1 aromatic carbocycles. The molecule has 128 valence electrons. The number of sulfonamides is 1. The van der Waals surface area contributed by atoms with Crippen molar-refractivity contribution < 1.29 is 13.2 Å². The molecule has 2 heterocycles. The highest BCUT2D eigenvalue weighted by Gasteiger charge is 2.27. The summed E-state index contributed by atoms with van der Waals surface area (Å²) in [5, 5.41) is 6.36. The van der Waals surface area contributed by atoms with Crippen molar-refractivity contribution in [3.05, 3.63) is 46.2 Å². The van der Waals surface area contributed by atoms with E-state index in [2.05, 4.69) is 5.32 Å². The number of aryl methyl sites for hydroxylation is 1. The molecule has 0 spiro atoms. The summed E-state index contributed by atoms with van der Waals surface area (Å²) in [6, 6.07) is 6.76. The van der Waals surface area contributed by atoms with Crippen molar-refractivity contribution in [3.63, 3.8) is 0 Å². The van der Waals surface area contributed by atoms with Crippen LogP contribution in [0.4, 0.5) is 5.69 Å². The Morgan fingerprint density at radius 1 is 1.17 bits per heavy atom. The number of amides is 1. The molecule has 1 aliphatic rings. The highest BCUT2D eigenvalue weighted by molar-refractivity contribution is 7.89. The number of anilines is 1. The quantitative estimate of drug-likeness (QED) is 0.903. The van der Waals surface area contributed by atoms with E-state index in [9.17, 15) is 13.2 Å². The van der Waals surface area contributed by atoms with E-state index in [1.165, 1.54) is 11.3 Å². The van der Waals surface area contributed by atoms with Gasteiger partial charge in [0.15, 0.2) is 0 Å². The number of nitrogens with one attached hydrogen (secondary N) is 1. The molecule has 7 heteroatoms. The monoisotopic (exact) mass is 364 g/mol. The van der Waals surface area contributed by atoms with Gasteiger partial charge in [0.1, 0.15) is 0 Å². The van der Waals surface area contributed by atoms with E-state index in [1.807, 2.05) is 5.38 Å². The van der Waals surface area contributed by atoms with Crippen LogP contribution >= 0.6 is 11.3 Å². The Morgan fingerprint density at radius 2 is 1.92 bits per heavy atom. The van der Waals surface area contributed by atoms with Gasteiger partial charge in [0, 0.05) is 24.2 Å². The first kappa shape index (κ1) is 17.1. The number of carbonyl (C=O) groups is 1. The number of nitrogens with zero attached hydrogens (tertiary/aromatic N) is 1. The standard InChI is InChI=1S/C17H20N2O3S2/c1-13-5-6-15(18-17(20)14-7-10-23-12-14)11-16(13)24(21,22)19-8-3-2-4-9-19/h5-7,10-12H,2-4,8-9H2,1H3,(H,18,20). The van der Waals surface area contributed by atoms with Crippen LogP contribution in [0.5, 0.6) is 0 Å². The highest BCUT2D eigenvalue weighted by atomic mass is 32.2. The number of piperidine rings is 1. The van der Waals surface area contributed by atoms with E-state index in [-0.39, 0.29) is 10.8 Å². The van der Waals surface area contributed by atoms with Gasteiger partial charge in [0.05, 0.1) is 10.5 Å². The van der Waals surface area contributed by atoms with Gasteiger partial charge in [-0.15, -0.1) is 0 Å². The Bertz CT molecular complexity index is 824. The number of rotatable bonds is 4. The summed E-state index contributed by atoms with van der Waals surface area (Å²) in [5.41, 5.74) is 1.75. The van der Waals surface area contributed by atoms with Crippen LogP contribution in [0, 0.1) is 6.92 Å². The molecule has 1 N–H and O–H groups in total. The second-order valence-corrected chi connectivity index (χ2v) is 8.60. The largest absolute Gasteiger partial charge is 0.322 e. The first-order valence-corrected chi connectivity index (χ1v) is 10.3. The third kappa shape index (κ3) is 3.53. The van der Waals surface area contributed by atoms with E-state index < -0.39 is 10.0 Å². The van der Waals surface area contributed by atoms with Crippen molar-refractivity contribution in [2.45, 2.75) is 31.1 Å². The van der Waals surface area contributed by atoms with Crippen LogP contribution in [0.2, 0.25) is 0 Å². The molecule has 3 rings (SSSR count). The van der Waals surface area contributed by atoms with E-state index in [0.29, 0.717) is 29.9 Å². The van der Waals surface area contributed by atoms with Gasteiger partial charge < -0.3 is 5.32 Å². The van der Waals surface area contributed by atoms with Crippen LogP contribution in [0.1, 0.15) is 35.2 Å². The van der Waals surface area contributed by atoms with Gasteiger partial charge in [0.25, 0.3) is 5.91 Å². The van der Waals surface area contributed by atoms with E-state index in [0.717, 1.165) is 19.3 Å². The van der Waals surface area contributed by atoms with Crippen LogP contribution in [0.3, 0.4) is 0 Å². The highest BCUT2D eigenvalue weighted by Crippen LogP contribution is 2.26. The molecule has 1 fully saturated rings. The summed E-state index contributed by atoms with van der Waals surface area (Å²) in [4.78, 5) is 12.4. The second kappa shape index (κ2) is 7.04. The molecule has 1 amide bonds. The fourth-order valence-electron chi connectivity index (χ4n) is 2.80. The Balaban J connectivity index is 1.87. The van der Waals surface area contributed by atoms with Gasteiger partial charge in [-0.05, 0) is 48.9 Å². The lowest BCUT2D eigenvalue weighted by atomic mass is 10.2. The van der Waals surface area contributed by atoms with Crippen LogP contribution in [0.15, 0.2) is 39.9 Å². The molecule has 0 bridgehead atoms. The van der Waals surface area contributed by atoms with Crippen molar-refractivity contribution in [1.82, 2.24) is 4.31 Å². The lowest BCUT2D eigenvalue weighted by Crippen LogP contribution is -2.36. The Labute approximate surface area is 146 Å². The smallest absolute Gasteiger partial charge is 0.256 e. The fraction of sp³-hybridized carbons (Fsp3) is 0.353. The number of hydrogen-bond donors (Lipinski definition) is 1. The molecule has 0 saturated carbocycles. The third-order valence-electron chi connectivity index (χ3n) is 4.16. The number of carbonyl (C=O) groups excluding carboxylic acids is 1. The minimum Gasteiger partial charge on any atom is -0.322 e. The zero-order chi connectivity index (χ0) is 17.2. The SMILES string of the molecule is Cc1ccc(NC(=O)c2ccsc2)cc1S(=O)(=O)N1CCCCC1. The maximum Gasteiger partial charge on any atom is 0.256 e. The molecular formula is C17H20N2O3S2. The Morgan fingerprint density at radius 3 is 2.58 bits per heavy atom. The van der Waals surface area contributed by atoms with Gasteiger partial charge in [-0.25, -0.2) is 8.42 Å². The van der Waals surface area contributed by atoms with Gasteiger partial charge >= 0.3 is 0 Å². The average Bonchev–Trinajstić information content (AvgIpc) is 3.12. The van der Waals surface area contributed by atoms with Gasteiger partial charge in [-0.3, -0.25) is 4.79 Å². The first-order valence-electron chi connectivity index (χ1n) is 7.93. The zero-order valence-corrected chi connectivity index (χ0v) is 15.1. The Kier molecular flexibility index (Phi) is 5.03. The molecule has 0 atom stereocenters. The number of thiophene rings is 1. The number of hydrogen-bond acceptors (Lipinski definition) is 4. The fourth-order valence-corrected chi connectivity index (χ4v) is 5.20. The van der Waals surface area contributed by atoms with Crippen LogP contribution in [-0.4, -0.2) is 31.7 Å². The maximum absolute atomic E-state index is 12.9. The van der Waals surface area contributed by atoms with Crippen LogP contribution in [0.25, 0.3) is 0 Å². The number of benzene rings is 1. The minimum atomic E-state index is -3.52. The summed E-state index contributed by atoms with van der Waals surface area (Å²) >= 11 is 1.44. The Hall–Kier alpha value is -1.70. The molecule has 1 saturated heterocycles. The predicted molar refractivity (Wildman–Crippen MR) is 96.1 cm³/mol. The van der Waals surface area contributed by atoms with Crippen molar-refractivity contribution >= 4 is 33.0 Å². The van der Waals surface area contributed by atoms with Crippen molar-refractivity contribution in [3.8, 4) is 0 Å². The lowest BCUT2D eigenvalue weighted by Gasteiger charge is -2.26. The zero-order valence-electron chi connectivity index (χ0n) is 13.5. The lowest BCUT2D eigenvalue weighted by molar-refractivity contribution is 0.102. The van der Waals surface area contributed by atoms with E-state index in [4.69, 9.17) is 0 Å². The predicted octanol–water partition coefficient (Wildman–Crippen LogP) is 3.48. The van der Waals surface area contributed by atoms with Crippen molar-refractivity contribution in [2.24, 2.45) is 0 Å². The third-order valence-corrected chi connectivity index (χ3v) is 6.89. The summed E-state index contributed by atoms with van der Waals surface area (Å²) in [5.74, 6) is -0.235. The van der Waals surface area contributed by atoms with E-state index in [1.54, 1.807) is 40.9 Å². The summed E-state index contributed by atoms with van der Waals surface area (Å²) in [6.07, 6.45) is 2.86. The minimum absolute atomic E-state index is 0.235. The van der Waals surface area contributed by atoms with Gasteiger partial charge in [-0.1, -0.05) is 12.5 Å². The van der Waals surface area contributed by atoms with Crippen LogP contribution in [-0.2, 0) is 10.0 Å². The van der Waals surface area contributed by atoms with Crippen molar-refractivity contribution in [2.75, 3.05) is 18.4 Å². The molecule has 2 aromatic rings. The average molecular weight is 364 g/mol. The topological polar surface area (TPSA) is 66.5 Å². The molecular weight excluding hydrogens is 344 g/mol. The van der Waals surface area contributed by atoms with E-state index >= 15 is 0 Å². The molecule has 1 aromatic heterocycles. The summed E-state index contributed by atoms with van der Waals surface area (Å²) in [7, 11) is -3.52. The normalized spacial score (nSPS) is 16.0. The van der Waals surface area contributed by atoms with Crippen LogP contribution < -0.4 is 5.32 Å².